The number of hydrogen-bond donors (Lipinski definition) is 0. The summed E-state index contributed by atoms with van der Waals surface area (Å²) in [6.07, 6.45) is 0. The summed E-state index contributed by atoms with van der Waals surface area (Å²) in [6.45, 7) is 4.74. The van der Waals surface area contributed by atoms with E-state index in [1.54, 1.807) is 23.1 Å². The molecule has 0 aliphatic carbocycles. The van der Waals surface area contributed by atoms with Gasteiger partial charge in [0.25, 0.3) is 5.91 Å². The second-order valence-electron chi connectivity index (χ2n) is 7.37. The van der Waals surface area contributed by atoms with Gasteiger partial charge in [0.05, 0.1) is 16.8 Å². The highest BCUT2D eigenvalue weighted by molar-refractivity contribution is 7.22. The lowest BCUT2D eigenvalue weighted by Gasteiger charge is -2.20. The maximum Gasteiger partial charge on any atom is 0.260 e. The summed E-state index contributed by atoms with van der Waals surface area (Å²) in [4.78, 5) is 20.2. The van der Waals surface area contributed by atoms with Crippen LogP contribution in [0.2, 0.25) is 0 Å². The fourth-order valence-corrected chi connectivity index (χ4v) is 4.79. The zero-order valence-electron chi connectivity index (χ0n) is 16.7. The average Bonchev–Trinajstić information content (AvgIpc) is 3.38. The first-order chi connectivity index (χ1) is 14.6. The molecule has 2 heterocycles. The van der Waals surface area contributed by atoms with Crippen molar-refractivity contribution in [3.8, 4) is 11.5 Å². The number of anilines is 1. The Kier molecular flexibility index (Phi) is 4.64. The van der Waals surface area contributed by atoms with E-state index in [2.05, 4.69) is 26.0 Å². The summed E-state index contributed by atoms with van der Waals surface area (Å²) in [5.41, 5.74) is 4.83. The number of amides is 1. The molecule has 1 aliphatic rings. The third-order valence-corrected chi connectivity index (χ3v) is 6.12. The van der Waals surface area contributed by atoms with Crippen LogP contribution in [0.3, 0.4) is 0 Å². The Labute approximate surface area is 178 Å². The van der Waals surface area contributed by atoms with Gasteiger partial charge in [-0.05, 0) is 54.8 Å². The highest BCUT2D eigenvalue weighted by Gasteiger charge is 2.24. The van der Waals surface area contributed by atoms with Gasteiger partial charge in [0.1, 0.15) is 0 Å². The predicted octanol–water partition coefficient (Wildman–Crippen LogP) is 5.49. The summed E-state index contributed by atoms with van der Waals surface area (Å²) in [5.74, 6) is 1.13. The first-order valence-electron chi connectivity index (χ1n) is 9.72. The summed E-state index contributed by atoms with van der Waals surface area (Å²) in [5, 5.41) is 0.685. The van der Waals surface area contributed by atoms with Crippen molar-refractivity contribution in [3.05, 3.63) is 82.9 Å². The molecule has 0 saturated carbocycles. The molecule has 3 aromatic carbocycles. The van der Waals surface area contributed by atoms with Crippen molar-refractivity contribution in [2.24, 2.45) is 0 Å². The van der Waals surface area contributed by atoms with E-state index in [1.807, 2.05) is 30.3 Å². The number of rotatable bonds is 4. The summed E-state index contributed by atoms with van der Waals surface area (Å²) in [7, 11) is 0. The van der Waals surface area contributed by atoms with Crippen molar-refractivity contribution in [2.45, 2.75) is 20.4 Å². The van der Waals surface area contributed by atoms with E-state index in [9.17, 15) is 4.79 Å². The number of thiazole rings is 1. The van der Waals surface area contributed by atoms with Crippen molar-refractivity contribution in [1.82, 2.24) is 4.98 Å². The molecule has 0 bridgehead atoms. The Hall–Kier alpha value is -3.38. The molecule has 5 rings (SSSR count). The topological polar surface area (TPSA) is 51.7 Å². The quantitative estimate of drug-likeness (QED) is 0.441. The van der Waals surface area contributed by atoms with E-state index >= 15 is 0 Å². The van der Waals surface area contributed by atoms with Crippen molar-refractivity contribution in [3.63, 3.8) is 0 Å². The van der Waals surface area contributed by atoms with Crippen LogP contribution >= 0.6 is 11.3 Å². The van der Waals surface area contributed by atoms with Gasteiger partial charge in [-0.25, -0.2) is 4.98 Å². The van der Waals surface area contributed by atoms with Crippen LogP contribution in [0.15, 0.2) is 60.7 Å². The first kappa shape index (κ1) is 18.6. The van der Waals surface area contributed by atoms with E-state index in [0.717, 1.165) is 21.3 Å². The number of ether oxygens (including phenoxy) is 2. The van der Waals surface area contributed by atoms with Crippen LogP contribution < -0.4 is 14.4 Å². The molecular formula is C24H20N2O3S. The van der Waals surface area contributed by atoms with Gasteiger partial charge in [-0.3, -0.25) is 9.69 Å². The molecule has 5 nitrogen and oxygen atoms in total. The fraction of sp³-hybridized carbons (Fsp3) is 0.167. The molecular weight excluding hydrogens is 396 g/mol. The van der Waals surface area contributed by atoms with Crippen LogP contribution in [-0.4, -0.2) is 17.7 Å². The van der Waals surface area contributed by atoms with E-state index in [1.165, 1.54) is 16.9 Å². The van der Waals surface area contributed by atoms with Gasteiger partial charge in [0, 0.05) is 5.56 Å². The van der Waals surface area contributed by atoms with E-state index in [0.29, 0.717) is 28.7 Å². The van der Waals surface area contributed by atoms with Crippen molar-refractivity contribution in [2.75, 3.05) is 11.7 Å². The first-order valence-corrected chi connectivity index (χ1v) is 10.5. The molecule has 150 valence electrons. The Morgan fingerprint density at radius 1 is 1.03 bits per heavy atom. The highest BCUT2D eigenvalue weighted by atomic mass is 32.1. The number of aryl methyl sites for hydroxylation is 2. The SMILES string of the molecule is Cc1cc(C)c2nc(N(Cc3ccccc3)C(=O)c3ccc4c(c3)OCO4)sc2c1. The van der Waals surface area contributed by atoms with Crippen LogP contribution in [-0.2, 0) is 6.54 Å². The van der Waals surface area contributed by atoms with Gasteiger partial charge in [-0.15, -0.1) is 0 Å². The lowest BCUT2D eigenvalue weighted by atomic mass is 10.1. The van der Waals surface area contributed by atoms with Crippen LogP contribution in [0, 0.1) is 13.8 Å². The molecule has 0 spiro atoms. The molecule has 1 aromatic heterocycles. The molecule has 1 amide bonds. The third-order valence-electron chi connectivity index (χ3n) is 5.10. The number of carbonyl (C=O) groups excluding carboxylic acids is 1. The molecule has 0 unspecified atom stereocenters. The molecule has 1 aliphatic heterocycles. The monoisotopic (exact) mass is 416 g/mol. The maximum absolute atomic E-state index is 13.6. The minimum absolute atomic E-state index is 0.120. The largest absolute Gasteiger partial charge is 0.454 e. The van der Waals surface area contributed by atoms with Gasteiger partial charge in [-0.2, -0.15) is 0 Å². The summed E-state index contributed by atoms with van der Waals surface area (Å²) in [6, 6.07) is 19.5. The molecule has 30 heavy (non-hydrogen) atoms. The Balaban J connectivity index is 1.58. The fourth-order valence-electron chi connectivity index (χ4n) is 3.65. The normalized spacial score (nSPS) is 12.3. The van der Waals surface area contributed by atoms with E-state index in [4.69, 9.17) is 14.5 Å². The Morgan fingerprint density at radius 3 is 2.67 bits per heavy atom. The van der Waals surface area contributed by atoms with Crippen LogP contribution in [0.25, 0.3) is 10.2 Å². The van der Waals surface area contributed by atoms with Crippen molar-refractivity contribution >= 4 is 32.6 Å². The number of hydrogen-bond acceptors (Lipinski definition) is 5. The molecule has 0 N–H and O–H groups in total. The lowest BCUT2D eigenvalue weighted by molar-refractivity contribution is 0.0984. The third kappa shape index (κ3) is 3.39. The average molecular weight is 417 g/mol. The number of aromatic nitrogens is 1. The summed E-state index contributed by atoms with van der Waals surface area (Å²) >= 11 is 1.54. The second-order valence-corrected chi connectivity index (χ2v) is 8.38. The Morgan fingerprint density at radius 2 is 1.83 bits per heavy atom. The number of nitrogens with zero attached hydrogens (tertiary/aromatic N) is 2. The van der Waals surface area contributed by atoms with E-state index in [-0.39, 0.29) is 12.7 Å². The summed E-state index contributed by atoms with van der Waals surface area (Å²) < 4.78 is 11.9. The van der Waals surface area contributed by atoms with Crippen LogP contribution in [0.5, 0.6) is 11.5 Å². The minimum Gasteiger partial charge on any atom is -0.454 e. The smallest absolute Gasteiger partial charge is 0.260 e. The van der Waals surface area contributed by atoms with Gasteiger partial charge in [0.2, 0.25) is 6.79 Å². The number of fused-ring (bicyclic) bond motifs is 2. The number of benzene rings is 3. The molecule has 4 aromatic rings. The maximum atomic E-state index is 13.6. The predicted molar refractivity (Wildman–Crippen MR) is 119 cm³/mol. The highest BCUT2D eigenvalue weighted by Crippen LogP contribution is 2.36. The van der Waals surface area contributed by atoms with Gasteiger partial charge < -0.3 is 9.47 Å². The molecule has 0 atom stereocenters. The zero-order valence-corrected chi connectivity index (χ0v) is 17.5. The molecule has 0 saturated heterocycles. The van der Waals surface area contributed by atoms with Crippen LogP contribution in [0.4, 0.5) is 5.13 Å². The number of carbonyl (C=O) groups is 1. The lowest BCUT2D eigenvalue weighted by Crippen LogP contribution is -2.30. The molecule has 0 fully saturated rings. The van der Waals surface area contributed by atoms with Crippen LogP contribution in [0.1, 0.15) is 27.0 Å². The van der Waals surface area contributed by atoms with Gasteiger partial charge in [-0.1, -0.05) is 47.7 Å². The van der Waals surface area contributed by atoms with Crippen molar-refractivity contribution < 1.29 is 14.3 Å². The van der Waals surface area contributed by atoms with Gasteiger partial charge in [0.15, 0.2) is 16.6 Å². The zero-order chi connectivity index (χ0) is 20.7. The molecule has 0 radical (unpaired) electrons. The van der Waals surface area contributed by atoms with Crippen molar-refractivity contribution in [1.29, 1.82) is 0 Å². The standard InChI is InChI=1S/C24H20N2O3S/c1-15-10-16(2)22-21(11-15)30-24(25-22)26(13-17-6-4-3-5-7-17)23(27)18-8-9-19-20(12-18)29-14-28-19/h3-12H,13-14H2,1-2H3. The van der Waals surface area contributed by atoms with Gasteiger partial charge >= 0.3 is 0 Å². The van der Waals surface area contributed by atoms with E-state index < -0.39 is 0 Å². The minimum atomic E-state index is -0.120. The Bertz CT molecular complexity index is 1250. The second kappa shape index (κ2) is 7.46. The molecule has 6 heteroatoms.